The van der Waals surface area contributed by atoms with Gasteiger partial charge in [-0.15, -0.1) is 11.3 Å². The molecule has 2 rings (SSSR count). The first-order valence-corrected chi connectivity index (χ1v) is 7.34. The van der Waals surface area contributed by atoms with E-state index < -0.39 is 0 Å². The minimum atomic E-state index is 0.758. The Kier molecular flexibility index (Phi) is 4.90. The molecule has 0 aliphatic rings. The highest BCUT2D eigenvalue weighted by Gasteiger charge is 2.03. The molecule has 0 aliphatic carbocycles. The largest absolute Gasteiger partial charge is 0.310 e. The average Bonchev–Trinajstić information content (AvgIpc) is 2.84. The van der Waals surface area contributed by atoms with Gasteiger partial charge in [0.2, 0.25) is 0 Å². The summed E-state index contributed by atoms with van der Waals surface area (Å²) in [6, 6.07) is 10.3. The molecule has 1 heterocycles. The van der Waals surface area contributed by atoms with Gasteiger partial charge in [0, 0.05) is 17.5 Å². The average molecular weight is 260 g/mol. The number of rotatable bonds is 6. The first-order valence-electron chi connectivity index (χ1n) is 6.46. The summed E-state index contributed by atoms with van der Waals surface area (Å²) >= 11 is 1.73. The van der Waals surface area contributed by atoms with E-state index in [0.29, 0.717) is 0 Å². The fourth-order valence-corrected chi connectivity index (χ4v) is 2.49. The van der Waals surface area contributed by atoms with E-state index in [2.05, 4.69) is 53.8 Å². The molecule has 3 heteroatoms. The molecule has 0 radical (unpaired) electrons. The lowest BCUT2D eigenvalue weighted by molar-refractivity contribution is 0.537. The number of nitrogens with one attached hydrogen (secondary N) is 1. The lowest BCUT2D eigenvalue weighted by atomic mass is 10.1. The SMILES string of the molecule is CC(C)CCNCc1nc(-c2ccccc2)cs1. The Labute approximate surface area is 113 Å². The van der Waals surface area contributed by atoms with Crippen LogP contribution in [0.4, 0.5) is 0 Å². The Morgan fingerprint density at radius 1 is 1.22 bits per heavy atom. The third kappa shape index (κ3) is 3.93. The van der Waals surface area contributed by atoms with Gasteiger partial charge in [-0.3, -0.25) is 0 Å². The Morgan fingerprint density at radius 3 is 2.72 bits per heavy atom. The van der Waals surface area contributed by atoms with Gasteiger partial charge in [0.1, 0.15) is 5.01 Å². The van der Waals surface area contributed by atoms with Crippen molar-refractivity contribution >= 4 is 11.3 Å². The quantitative estimate of drug-likeness (QED) is 0.796. The molecule has 0 unspecified atom stereocenters. The van der Waals surface area contributed by atoms with Crippen LogP contribution in [0, 0.1) is 5.92 Å². The van der Waals surface area contributed by atoms with Crippen LogP contribution in [0.2, 0.25) is 0 Å². The molecular formula is C15H20N2S. The molecule has 1 aromatic carbocycles. The van der Waals surface area contributed by atoms with E-state index in [4.69, 9.17) is 0 Å². The summed E-state index contributed by atoms with van der Waals surface area (Å²) in [6.45, 7) is 6.44. The van der Waals surface area contributed by atoms with Gasteiger partial charge in [0.05, 0.1) is 5.69 Å². The molecule has 0 atom stereocenters. The van der Waals surface area contributed by atoms with Crippen LogP contribution in [0.3, 0.4) is 0 Å². The monoisotopic (exact) mass is 260 g/mol. The highest BCUT2D eigenvalue weighted by atomic mass is 32.1. The lowest BCUT2D eigenvalue weighted by Crippen LogP contribution is -2.16. The summed E-state index contributed by atoms with van der Waals surface area (Å²) < 4.78 is 0. The minimum Gasteiger partial charge on any atom is -0.310 e. The van der Waals surface area contributed by atoms with Crippen molar-refractivity contribution in [3.8, 4) is 11.3 Å². The Bertz CT molecular complexity index is 462. The smallest absolute Gasteiger partial charge is 0.107 e. The third-order valence-corrected chi connectivity index (χ3v) is 3.64. The van der Waals surface area contributed by atoms with Crippen molar-refractivity contribution in [1.29, 1.82) is 0 Å². The van der Waals surface area contributed by atoms with E-state index in [0.717, 1.165) is 29.7 Å². The number of hydrogen-bond donors (Lipinski definition) is 1. The van der Waals surface area contributed by atoms with Crippen LogP contribution < -0.4 is 5.32 Å². The topological polar surface area (TPSA) is 24.9 Å². The van der Waals surface area contributed by atoms with Crippen molar-refractivity contribution in [2.75, 3.05) is 6.54 Å². The molecule has 0 spiro atoms. The second-order valence-corrected chi connectivity index (χ2v) is 5.79. The van der Waals surface area contributed by atoms with Crippen LogP contribution in [0.5, 0.6) is 0 Å². The summed E-state index contributed by atoms with van der Waals surface area (Å²) in [6.07, 6.45) is 1.22. The molecule has 0 saturated carbocycles. The molecule has 0 bridgehead atoms. The number of hydrogen-bond acceptors (Lipinski definition) is 3. The summed E-state index contributed by atoms with van der Waals surface area (Å²) in [5.41, 5.74) is 2.28. The van der Waals surface area contributed by atoms with Gasteiger partial charge >= 0.3 is 0 Å². The minimum absolute atomic E-state index is 0.758. The second-order valence-electron chi connectivity index (χ2n) is 4.85. The zero-order chi connectivity index (χ0) is 12.8. The molecule has 1 N–H and O–H groups in total. The van der Waals surface area contributed by atoms with E-state index in [1.165, 1.54) is 12.0 Å². The normalized spacial score (nSPS) is 11.1. The van der Waals surface area contributed by atoms with Gasteiger partial charge in [-0.1, -0.05) is 44.2 Å². The maximum absolute atomic E-state index is 4.65. The molecule has 2 aromatic rings. The Morgan fingerprint density at radius 2 is 2.00 bits per heavy atom. The van der Waals surface area contributed by atoms with Crippen LogP contribution >= 0.6 is 11.3 Å². The van der Waals surface area contributed by atoms with Crippen LogP contribution in [-0.2, 0) is 6.54 Å². The summed E-state index contributed by atoms with van der Waals surface area (Å²) in [4.78, 5) is 4.65. The fraction of sp³-hybridized carbons (Fsp3) is 0.400. The van der Waals surface area contributed by atoms with Crippen molar-refractivity contribution in [2.45, 2.75) is 26.8 Å². The van der Waals surface area contributed by atoms with Gasteiger partial charge < -0.3 is 5.32 Å². The maximum atomic E-state index is 4.65. The molecule has 0 amide bonds. The number of thiazole rings is 1. The van der Waals surface area contributed by atoms with Crippen molar-refractivity contribution < 1.29 is 0 Å². The van der Waals surface area contributed by atoms with Crippen LogP contribution in [0.1, 0.15) is 25.3 Å². The van der Waals surface area contributed by atoms with Gasteiger partial charge in [-0.25, -0.2) is 4.98 Å². The van der Waals surface area contributed by atoms with Crippen LogP contribution in [-0.4, -0.2) is 11.5 Å². The zero-order valence-corrected chi connectivity index (χ0v) is 11.8. The van der Waals surface area contributed by atoms with Crippen molar-refractivity contribution in [3.05, 3.63) is 40.7 Å². The first-order chi connectivity index (χ1) is 8.75. The van der Waals surface area contributed by atoms with Crippen LogP contribution in [0.15, 0.2) is 35.7 Å². The fourth-order valence-electron chi connectivity index (χ4n) is 1.72. The van der Waals surface area contributed by atoms with Crippen molar-refractivity contribution in [1.82, 2.24) is 10.3 Å². The highest BCUT2D eigenvalue weighted by Crippen LogP contribution is 2.21. The second kappa shape index (κ2) is 6.66. The van der Waals surface area contributed by atoms with E-state index in [-0.39, 0.29) is 0 Å². The summed E-state index contributed by atoms with van der Waals surface area (Å²) in [7, 11) is 0. The van der Waals surface area contributed by atoms with E-state index >= 15 is 0 Å². The Balaban J connectivity index is 1.87. The van der Waals surface area contributed by atoms with E-state index in [1.807, 2.05) is 6.07 Å². The Hall–Kier alpha value is -1.19. The molecule has 96 valence electrons. The predicted octanol–water partition coefficient (Wildman–Crippen LogP) is 3.95. The molecule has 0 saturated heterocycles. The summed E-state index contributed by atoms with van der Waals surface area (Å²) in [5.74, 6) is 0.758. The van der Waals surface area contributed by atoms with Crippen LogP contribution in [0.25, 0.3) is 11.3 Å². The van der Waals surface area contributed by atoms with Gasteiger partial charge in [-0.05, 0) is 18.9 Å². The third-order valence-electron chi connectivity index (χ3n) is 2.80. The maximum Gasteiger partial charge on any atom is 0.107 e. The number of aromatic nitrogens is 1. The number of benzene rings is 1. The molecule has 0 fully saturated rings. The first kappa shape index (κ1) is 13.2. The molecular weight excluding hydrogens is 240 g/mol. The molecule has 2 nitrogen and oxygen atoms in total. The zero-order valence-electron chi connectivity index (χ0n) is 11.0. The molecule has 0 aliphatic heterocycles. The number of nitrogens with zero attached hydrogens (tertiary/aromatic N) is 1. The van der Waals surface area contributed by atoms with E-state index in [9.17, 15) is 0 Å². The van der Waals surface area contributed by atoms with Crippen molar-refractivity contribution in [2.24, 2.45) is 5.92 Å². The lowest BCUT2D eigenvalue weighted by Gasteiger charge is -2.04. The van der Waals surface area contributed by atoms with E-state index in [1.54, 1.807) is 11.3 Å². The highest BCUT2D eigenvalue weighted by molar-refractivity contribution is 7.09. The van der Waals surface area contributed by atoms with Gasteiger partial charge in [-0.2, -0.15) is 0 Å². The standard InChI is InChI=1S/C15H20N2S/c1-12(2)8-9-16-10-15-17-14(11-18-15)13-6-4-3-5-7-13/h3-7,11-12,16H,8-10H2,1-2H3. The predicted molar refractivity (Wildman–Crippen MR) is 78.7 cm³/mol. The van der Waals surface area contributed by atoms with Crippen molar-refractivity contribution in [3.63, 3.8) is 0 Å². The van der Waals surface area contributed by atoms with Gasteiger partial charge in [0.15, 0.2) is 0 Å². The molecule has 1 aromatic heterocycles. The van der Waals surface area contributed by atoms with Gasteiger partial charge in [0.25, 0.3) is 0 Å². The molecule has 18 heavy (non-hydrogen) atoms. The summed E-state index contributed by atoms with van der Waals surface area (Å²) in [5, 5.41) is 6.74.